The molecule has 1 heterocycles. The van der Waals surface area contributed by atoms with Gasteiger partial charge in [-0.25, -0.2) is 4.39 Å². The number of thiophene rings is 1. The molecule has 0 radical (unpaired) electrons. The highest BCUT2D eigenvalue weighted by Crippen LogP contribution is 2.18. The Balaban J connectivity index is 2.07. The zero-order chi connectivity index (χ0) is 13.0. The molecule has 0 spiro atoms. The molecule has 0 aliphatic rings. The van der Waals surface area contributed by atoms with Crippen molar-refractivity contribution in [2.75, 3.05) is 7.05 Å². The lowest BCUT2D eigenvalue weighted by atomic mass is 10.0. The predicted octanol–water partition coefficient (Wildman–Crippen LogP) is 3.91. The van der Waals surface area contributed by atoms with Crippen molar-refractivity contribution in [2.45, 2.75) is 18.9 Å². The molecule has 0 saturated heterocycles. The second-order valence-electron chi connectivity index (χ2n) is 4.21. The molecule has 1 nitrogen and oxygen atoms in total. The molecular formula is C14H15ClFNS. The fraction of sp³-hybridized carbons (Fsp3) is 0.286. The van der Waals surface area contributed by atoms with Crippen molar-refractivity contribution in [1.82, 2.24) is 5.32 Å². The molecule has 1 N–H and O–H groups in total. The Hall–Kier alpha value is -0.900. The van der Waals surface area contributed by atoms with Crippen LogP contribution in [-0.4, -0.2) is 13.1 Å². The van der Waals surface area contributed by atoms with Crippen molar-refractivity contribution in [1.29, 1.82) is 0 Å². The summed E-state index contributed by atoms with van der Waals surface area (Å²) >= 11 is 7.63. The molecular weight excluding hydrogens is 269 g/mol. The van der Waals surface area contributed by atoms with E-state index in [0.29, 0.717) is 17.0 Å². The molecule has 0 aliphatic carbocycles. The van der Waals surface area contributed by atoms with E-state index in [1.807, 2.05) is 13.1 Å². The van der Waals surface area contributed by atoms with Gasteiger partial charge in [0.25, 0.3) is 0 Å². The van der Waals surface area contributed by atoms with Crippen LogP contribution in [0.2, 0.25) is 5.02 Å². The average molecular weight is 284 g/mol. The number of nitrogens with one attached hydrogen (secondary N) is 1. The summed E-state index contributed by atoms with van der Waals surface area (Å²) in [6.07, 6.45) is 1.54. The smallest absolute Gasteiger partial charge is 0.126 e. The molecule has 1 aromatic heterocycles. The first-order valence-electron chi connectivity index (χ1n) is 5.82. The first-order chi connectivity index (χ1) is 8.69. The van der Waals surface area contributed by atoms with E-state index in [-0.39, 0.29) is 11.9 Å². The number of benzene rings is 1. The normalized spacial score (nSPS) is 12.6. The van der Waals surface area contributed by atoms with Crippen LogP contribution in [0.1, 0.15) is 10.4 Å². The minimum atomic E-state index is -0.189. The van der Waals surface area contributed by atoms with E-state index >= 15 is 0 Å². The zero-order valence-electron chi connectivity index (χ0n) is 10.1. The van der Waals surface area contributed by atoms with Crippen LogP contribution in [0.3, 0.4) is 0 Å². The highest BCUT2D eigenvalue weighted by Gasteiger charge is 2.12. The lowest BCUT2D eigenvalue weighted by molar-refractivity contribution is 0.535. The van der Waals surface area contributed by atoms with Crippen LogP contribution in [0, 0.1) is 5.82 Å². The zero-order valence-corrected chi connectivity index (χ0v) is 11.7. The van der Waals surface area contributed by atoms with Gasteiger partial charge in [-0.15, -0.1) is 11.3 Å². The molecule has 1 unspecified atom stereocenters. The topological polar surface area (TPSA) is 12.0 Å². The highest BCUT2D eigenvalue weighted by atomic mass is 35.5. The molecule has 0 saturated carbocycles. The van der Waals surface area contributed by atoms with Gasteiger partial charge >= 0.3 is 0 Å². The molecule has 2 rings (SSSR count). The summed E-state index contributed by atoms with van der Waals surface area (Å²) in [5, 5.41) is 5.87. The Labute approximate surface area is 116 Å². The van der Waals surface area contributed by atoms with E-state index in [1.54, 1.807) is 23.5 Å². The van der Waals surface area contributed by atoms with E-state index < -0.39 is 0 Å². The van der Waals surface area contributed by atoms with Crippen LogP contribution >= 0.6 is 22.9 Å². The van der Waals surface area contributed by atoms with Gasteiger partial charge in [-0.3, -0.25) is 0 Å². The Bertz CT molecular complexity index is 499. The van der Waals surface area contributed by atoms with Crippen molar-refractivity contribution < 1.29 is 4.39 Å². The molecule has 1 aromatic carbocycles. The van der Waals surface area contributed by atoms with Gasteiger partial charge in [0, 0.05) is 15.9 Å². The summed E-state index contributed by atoms with van der Waals surface area (Å²) < 4.78 is 13.7. The van der Waals surface area contributed by atoms with Gasteiger partial charge < -0.3 is 5.32 Å². The van der Waals surface area contributed by atoms with Gasteiger partial charge in [-0.2, -0.15) is 0 Å². The number of hydrogen-bond acceptors (Lipinski definition) is 2. The summed E-state index contributed by atoms with van der Waals surface area (Å²) in [5.74, 6) is -0.189. The Kier molecular flexibility index (Phi) is 4.75. The lowest BCUT2D eigenvalue weighted by Crippen LogP contribution is -2.29. The highest BCUT2D eigenvalue weighted by molar-refractivity contribution is 7.09. The lowest BCUT2D eigenvalue weighted by Gasteiger charge is -2.16. The third-order valence-corrected chi connectivity index (χ3v) is 4.04. The Morgan fingerprint density at radius 1 is 1.33 bits per heavy atom. The fourth-order valence-electron chi connectivity index (χ4n) is 1.91. The van der Waals surface area contributed by atoms with Gasteiger partial charge in [-0.1, -0.05) is 17.7 Å². The molecule has 0 fully saturated rings. The van der Waals surface area contributed by atoms with Gasteiger partial charge in [0.15, 0.2) is 0 Å². The van der Waals surface area contributed by atoms with Gasteiger partial charge in [0.1, 0.15) is 5.82 Å². The third-order valence-electron chi connectivity index (χ3n) is 2.91. The maximum atomic E-state index is 13.7. The van der Waals surface area contributed by atoms with Crippen LogP contribution in [0.25, 0.3) is 0 Å². The van der Waals surface area contributed by atoms with E-state index in [9.17, 15) is 4.39 Å². The Morgan fingerprint density at radius 3 is 2.83 bits per heavy atom. The quantitative estimate of drug-likeness (QED) is 0.877. The van der Waals surface area contributed by atoms with Crippen LogP contribution in [0.4, 0.5) is 4.39 Å². The van der Waals surface area contributed by atoms with Gasteiger partial charge in [-0.05, 0) is 55.1 Å². The maximum absolute atomic E-state index is 13.7. The number of halogens is 2. The number of hydrogen-bond donors (Lipinski definition) is 1. The molecule has 0 bridgehead atoms. The van der Waals surface area contributed by atoms with Crippen molar-refractivity contribution in [2.24, 2.45) is 0 Å². The van der Waals surface area contributed by atoms with Crippen molar-refractivity contribution in [3.63, 3.8) is 0 Å². The SMILES string of the molecule is CNC(Cc1cccs1)Cc1cc(Cl)ccc1F. The van der Waals surface area contributed by atoms with E-state index in [4.69, 9.17) is 11.6 Å². The monoisotopic (exact) mass is 283 g/mol. The maximum Gasteiger partial charge on any atom is 0.126 e. The largest absolute Gasteiger partial charge is 0.316 e. The summed E-state index contributed by atoms with van der Waals surface area (Å²) in [5.41, 5.74) is 0.665. The van der Waals surface area contributed by atoms with Crippen LogP contribution in [-0.2, 0) is 12.8 Å². The van der Waals surface area contributed by atoms with E-state index in [0.717, 1.165) is 6.42 Å². The summed E-state index contributed by atoms with van der Waals surface area (Å²) in [4.78, 5) is 1.30. The van der Waals surface area contributed by atoms with E-state index in [1.165, 1.54) is 10.9 Å². The molecule has 2 aromatic rings. The van der Waals surface area contributed by atoms with Crippen molar-refractivity contribution in [3.8, 4) is 0 Å². The fourth-order valence-corrected chi connectivity index (χ4v) is 2.89. The van der Waals surface area contributed by atoms with Gasteiger partial charge in [0.2, 0.25) is 0 Å². The second-order valence-corrected chi connectivity index (χ2v) is 5.68. The standard InChI is InChI=1S/C14H15ClFNS/c1-17-12(9-13-3-2-6-18-13)8-10-7-11(15)4-5-14(10)16/h2-7,12,17H,8-9H2,1H3. The number of likely N-dealkylation sites (N-methyl/N-ethyl adjacent to an activating group) is 1. The third kappa shape index (κ3) is 3.55. The number of rotatable bonds is 5. The Morgan fingerprint density at radius 2 is 2.17 bits per heavy atom. The summed E-state index contributed by atoms with van der Waals surface area (Å²) in [6, 6.07) is 9.06. The van der Waals surface area contributed by atoms with Crippen molar-refractivity contribution in [3.05, 3.63) is 57.0 Å². The molecule has 18 heavy (non-hydrogen) atoms. The molecule has 96 valence electrons. The first-order valence-corrected chi connectivity index (χ1v) is 7.08. The second kappa shape index (κ2) is 6.32. The average Bonchev–Trinajstić information content (AvgIpc) is 2.85. The minimum absolute atomic E-state index is 0.189. The van der Waals surface area contributed by atoms with Crippen molar-refractivity contribution >= 4 is 22.9 Å². The van der Waals surface area contributed by atoms with Crippen LogP contribution in [0.5, 0.6) is 0 Å². The predicted molar refractivity (Wildman–Crippen MR) is 76.0 cm³/mol. The summed E-state index contributed by atoms with van der Waals surface area (Å²) in [7, 11) is 1.90. The molecule has 4 heteroatoms. The first kappa shape index (κ1) is 13.5. The molecule has 1 atom stereocenters. The molecule has 0 amide bonds. The van der Waals surface area contributed by atoms with Crippen LogP contribution in [0.15, 0.2) is 35.7 Å². The molecule has 0 aliphatic heterocycles. The minimum Gasteiger partial charge on any atom is -0.316 e. The van der Waals surface area contributed by atoms with Gasteiger partial charge in [0.05, 0.1) is 0 Å². The van der Waals surface area contributed by atoms with Crippen LogP contribution < -0.4 is 5.32 Å². The van der Waals surface area contributed by atoms with E-state index in [2.05, 4.69) is 16.8 Å². The summed E-state index contributed by atoms with van der Waals surface area (Å²) in [6.45, 7) is 0.